The van der Waals surface area contributed by atoms with E-state index >= 15 is 0 Å². The number of morpholine rings is 1. The van der Waals surface area contributed by atoms with Gasteiger partial charge in [-0.2, -0.15) is 4.68 Å². The lowest BCUT2D eigenvalue weighted by Gasteiger charge is -2.35. The number of hydrogen-bond acceptors (Lipinski definition) is 6. The molecule has 9 heteroatoms. The Morgan fingerprint density at radius 1 is 1.17 bits per heavy atom. The molecule has 0 bridgehead atoms. The van der Waals surface area contributed by atoms with E-state index in [-0.39, 0.29) is 35.7 Å². The predicted molar refractivity (Wildman–Crippen MR) is 107 cm³/mol. The van der Waals surface area contributed by atoms with E-state index in [1.807, 2.05) is 45.9 Å². The number of aromatic nitrogens is 5. The van der Waals surface area contributed by atoms with Gasteiger partial charge in [-0.3, -0.25) is 14.2 Å². The highest BCUT2D eigenvalue weighted by atomic mass is 16.5. The second-order valence-electron chi connectivity index (χ2n) is 7.68. The highest BCUT2D eigenvalue weighted by molar-refractivity contribution is 5.77. The van der Waals surface area contributed by atoms with Crippen LogP contribution in [-0.4, -0.2) is 60.6 Å². The molecule has 1 aliphatic rings. The summed E-state index contributed by atoms with van der Waals surface area (Å²) in [5.41, 5.74) is 3.19. The Labute approximate surface area is 167 Å². The number of nitrogens with zero attached hydrogens (tertiary/aromatic N) is 6. The van der Waals surface area contributed by atoms with Gasteiger partial charge in [0.1, 0.15) is 12.9 Å². The number of benzene rings is 1. The van der Waals surface area contributed by atoms with Crippen LogP contribution in [0.5, 0.6) is 0 Å². The molecule has 0 unspecified atom stereocenters. The molecule has 2 atom stereocenters. The van der Waals surface area contributed by atoms with Crippen LogP contribution in [0.25, 0.3) is 16.9 Å². The summed E-state index contributed by atoms with van der Waals surface area (Å²) in [5.74, 6) is -0.142. The number of fused-ring (bicyclic) bond motifs is 1. The number of carbonyl (C=O) groups is 1. The van der Waals surface area contributed by atoms with E-state index in [1.54, 1.807) is 9.58 Å². The Hall–Kier alpha value is -3.07. The lowest BCUT2D eigenvalue weighted by atomic mass is 10.1. The first-order valence-corrected chi connectivity index (χ1v) is 9.65. The van der Waals surface area contributed by atoms with Gasteiger partial charge in [0.25, 0.3) is 5.56 Å². The summed E-state index contributed by atoms with van der Waals surface area (Å²) in [6.07, 6.45) is 1.33. The van der Waals surface area contributed by atoms with Crippen LogP contribution in [0.15, 0.2) is 29.3 Å². The van der Waals surface area contributed by atoms with Gasteiger partial charge in [0.2, 0.25) is 5.91 Å². The van der Waals surface area contributed by atoms with Crippen molar-refractivity contribution in [3.05, 3.63) is 46.0 Å². The molecule has 1 fully saturated rings. The number of carbonyl (C=O) groups excluding carboxylic acids is 1. The van der Waals surface area contributed by atoms with Crippen molar-refractivity contribution in [1.29, 1.82) is 0 Å². The lowest BCUT2D eigenvalue weighted by Crippen LogP contribution is -2.49. The van der Waals surface area contributed by atoms with Gasteiger partial charge in [0.15, 0.2) is 11.2 Å². The van der Waals surface area contributed by atoms with Crippen LogP contribution in [0.3, 0.4) is 0 Å². The maximum absolute atomic E-state index is 12.9. The van der Waals surface area contributed by atoms with E-state index in [0.29, 0.717) is 18.7 Å². The minimum absolute atomic E-state index is 0.0297. The van der Waals surface area contributed by atoms with E-state index in [0.717, 1.165) is 11.3 Å². The van der Waals surface area contributed by atoms with Gasteiger partial charge in [-0.1, -0.05) is 11.3 Å². The van der Waals surface area contributed by atoms with Crippen LogP contribution in [0.2, 0.25) is 0 Å². The van der Waals surface area contributed by atoms with E-state index in [9.17, 15) is 9.59 Å². The van der Waals surface area contributed by atoms with Crippen LogP contribution in [-0.2, 0) is 16.1 Å². The first-order chi connectivity index (χ1) is 13.8. The Bertz CT molecular complexity index is 1120. The summed E-state index contributed by atoms with van der Waals surface area (Å²) in [7, 11) is 0. The van der Waals surface area contributed by atoms with Gasteiger partial charge < -0.3 is 9.64 Å². The molecule has 0 radical (unpaired) electrons. The molecule has 0 aliphatic carbocycles. The standard InChI is InChI=1S/C20H24N6O3/c1-12-5-6-16(7-13(12)2)26-19-18(22-23-26)20(28)25(11-21-19)10-17(27)24-8-14(3)29-15(4)9-24/h5-7,11,14-15H,8-10H2,1-4H3/t14-,15+. The van der Waals surface area contributed by atoms with Gasteiger partial charge in [-0.15, -0.1) is 5.10 Å². The van der Waals surface area contributed by atoms with Gasteiger partial charge >= 0.3 is 0 Å². The normalized spacial score (nSPS) is 19.7. The largest absolute Gasteiger partial charge is 0.372 e. The molecule has 0 N–H and O–H groups in total. The third kappa shape index (κ3) is 3.65. The second kappa shape index (κ2) is 7.40. The third-order valence-electron chi connectivity index (χ3n) is 5.24. The molecule has 1 saturated heterocycles. The zero-order valence-electron chi connectivity index (χ0n) is 17.0. The molecule has 0 saturated carbocycles. The van der Waals surface area contributed by atoms with Gasteiger partial charge in [-0.25, -0.2) is 4.98 Å². The van der Waals surface area contributed by atoms with Crippen molar-refractivity contribution in [2.75, 3.05) is 13.1 Å². The van der Waals surface area contributed by atoms with Gasteiger partial charge in [0, 0.05) is 13.1 Å². The lowest BCUT2D eigenvalue weighted by molar-refractivity contribution is -0.143. The monoisotopic (exact) mass is 396 g/mol. The Morgan fingerprint density at radius 3 is 2.59 bits per heavy atom. The summed E-state index contributed by atoms with van der Waals surface area (Å²) in [6.45, 7) is 8.84. The average molecular weight is 396 g/mol. The molecule has 3 heterocycles. The van der Waals surface area contributed by atoms with Crippen molar-refractivity contribution in [2.24, 2.45) is 0 Å². The van der Waals surface area contributed by atoms with Crippen LogP contribution < -0.4 is 5.56 Å². The molecule has 3 aromatic rings. The molecule has 1 amide bonds. The molecule has 4 rings (SSSR count). The van der Waals surface area contributed by atoms with E-state index < -0.39 is 0 Å². The molecule has 1 aliphatic heterocycles. The number of rotatable bonds is 3. The van der Waals surface area contributed by atoms with Crippen molar-refractivity contribution in [1.82, 2.24) is 29.4 Å². The molecule has 152 valence electrons. The number of hydrogen-bond donors (Lipinski definition) is 0. The maximum Gasteiger partial charge on any atom is 0.284 e. The molecule has 1 aromatic carbocycles. The van der Waals surface area contributed by atoms with Crippen molar-refractivity contribution in [2.45, 2.75) is 46.4 Å². The molecule has 0 spiro atoms. The topological polar surface area (TPSA) is 95.1 Å². The zero-order valence-corrected chi connectivity index (χ0v) is 17.0. The fourth-order valence-electron chi connectivity index (χ4n) is 3.62. The zero-order chi connectivity index (χ0) is 20.7. The number of aryl methyl sites for hydroxylation is 2. The second-order valence-corrected chi connectivity index (χ2v) is 7.68. The highest BCUT2D eigenvalue weighted by Crippen LogP contribution is 2.16. The quantitative estimate of drug-likeness (QED) is 0.661. The van der Waals surface area contributed by atoms with Crippen molar-refractivity contribution >= 4 is 17.1 Å². The van der Waals surface area contributed by atoms with Crippen molar-refractivity contribution in [3.63, 3.8) is 0 Å². The Kier molecular flexibility index (Phi) is 4.91. The van der Waals surface area contributed by atoms with Gasteiger partial charge in [0.05, 0.1) is 17.9 Å². The fraction of sp³-hybridized carbons (Fsp3) is 0.450. The van der Waals surface area contributed by atoms with E-state index in [1.165, 1.54) is 16.5 Å². The first-order valence-electron chi connectivity index (χ1n) is 9.65. The Balaban J connectivity index is 1.63. The smallest absolute Gasteiger partial charge is 0.284 e. The summed E-state index contributed by atoms with van der Waals surface area (Å²) in [6, 6.07) is 5.87. The van der Waals surface area contributed by atoms with E-state index in [2.05, 4.69) is 15.3 Å². The van der Waals surface area contributed by atoms with Gasteiger partial charge in [-0.05, 0) is 51.0 Å². The molecular weight excluding hydrogens is 372 g/mol. The summed E-state index contributed by atoms with van der Waals surface area (Å²) >= 11 is 0. The number of amides is 1. The molecule has 29 heavy (non-hydrogen) atoms. The summed E-state index contributed by atoms with van der Waals surface area (Å²) in [5, 5.41) is 8.13. The SMILES string of the molecule is Cc1ccc(-n2nnc3c(=O)n(CC(=O)N4C[C@@H](C)O[C@@H](C)C4)cnc32)cc1C. The number of ether oxygens (including phenoxy) is 1. The van der Waals surface area contributed by atoms with E-state index in [4.69, 9.17) is 4.74 Å². The first kappa shape index (κ1) is 19.3. The maximum atomic E-state index is 12.9. The van der Waals surface area contributed by atoms with Crippen LogP contribution in [0.4, 0.5) is 0 Å². The average Bonchev–Trinajstić information content (AvgIpc) is 3.10. The van der Waals surface area contributed by atoms with Crippen molar-refractivity contribution < 1.29 is 9.53 Å². The molecule has 2 aromatic heterocycles. The third-order valence-corrected chi connectivity index (χ3v) is 5.24. The minimum atomic E-state index is -0.382. The Morgan fingerprint density at radius 2 is 1.90 bits per heavy atom. The minimum Gasteiger partial charge on any atom is -0.372 e. The summed E-state index contributed by atoms with van der Waals surface area (Å²) in [4.78, 5) is 31.6. The highest BCUT2D eigenvalue weighted by Gasteiger charge is 2.26. The van der Waals surface area contributed by atoms with Crippen LogP contribution in [0.1, 0.15) is 25.0 Å². The van der Waals surface area contributed by atoms with Crippen LogP contribution in [0, 0.1) is 13.8 Å². The van der Waals surface area contributed by atoms with Crippen LogP contribution >= 0.6 is 0 Å². The summed E-state index contributed by atoms with van der Waals surface area (Å²) < 4.78 is 8.49. The van der Waals surface area contributed by atoms with Crippen molar-refractivity contribution in [3.8, 4) is 5.69 Å². The molecular formula is C20H24N6O3. The predicted octanol–water partition coefficient (Wildman–Crippen LogP) is 1.23. The molecule has 9 nitrogen and oxygen atoms in total. The fourth-order valence-corrected chi connectivity index (χ4v) is 3.62.